The van der Waals surface area contributed by atoms with Gasteiger partial charge >= 0.3 is 0 Å². The van der Waals surface area contributed by atoms with Gasteiger partial charge in [-0.05, 0) is 73.1 Å². The Bertz CT molecular complexity index is 1710. The highest BCUT2D eigenvalue weighted by atomic mass is 32.2. The van der Waals surface area contributed by atoms with Gasteiger partial charge in [0.05, 0.1) is 24.6 Å². The van der Waals surface area contributed by atoms with E-state index in [1.807, 2.05) is 50.2 Å². The molecule has 0 radical (unpaired) electrons. The number of nitrogens with zero attached hydrogens (tertiary/aromatic N) is 2. The van der Waals surface area contributed by atoms with Crippen LogP contribution in [0.25, 0.3) is 0 Å². The van der Waals surface area contributed by atoms with Gasteiger partial charge in [-0.2, -0.15) is 4.31 Å². The summed E-state index contributed by atoms with van der Waals surface area (Å²) in [6.07, 6.45) is 6.15. The van der Waals surface area contributed by atoms with Gasteiger partial charge in [0, 0.05) is 23.9 Å². The monoisotopic (exact) mass is 626 g/mol. The van der Waals surface area contributed by atoms with Gasteiger partial charge in [0.1, 0.15) is 5.75 Å². The highest BCUT2D eigenvalue weighted by Crippen LogP contribution is 2.33. The summed E-state index contributed by atoms with van der Waals surface area (Å²) in [7, 11) is -4.05. The van der Waals surface area contributed by atoms with Crippen molar-refractivity contribution in [3.05, 3.63) is 124 Å². The number of anilines is 1. The molecule has 0 saturated heterocycles. The van der Waals surface area contributed by atoms with Gasteiger partial charge in [0.25, 0.3) is 0 Å². The van der Waals surface area contributed by atoms with Crippen molar-refractivity contribution < 1.29 is 23.4 Å². The average Bonchev–Trinajstić information content (AvgIpc) is 3.05. The molecule has 0 spiro atoms. The van der Waals surface area contributed by atoms with E-state index in [0.29, 0.717) is 17.2 Å². The molecule has 2 N–H and O–H groups in total. The van der Waals surface area contributed by atoms with E-state index in [-0.39, 0.29) is 30.3 Å². The molecular formula is C37H42N2O5S. The van der Waals surface area contributed by atoms with Crippen LogP contribution in [0.3, 0.4) is 0 Å². The number of sulfonamides is 1. The summed E-state index contributed by atoms with van der Waals surface area (Å²) in [5.41, 5.74) is 5.60. The fraction of sp³-hybridized carbons (Fsp3) is 0.324. The minimum Gasteiger partial charge on any atom is -0.508 e. The van der Waals surface area contributed by atoms with Gasteiger partial charge in [-0.3, -0.25) is 4.79 Å². The number of rotatable bonds is 11. The van der Waals surface area contributed by atoms with Crippen molar-refractivity contribution >= 4 is 21.6 Å². The number of carbonyl (C=O) groups is 1. The van der Waals surface area contributed by atoms with Crippen LogP contribution in [0.15, 0.2) is 95.9 Å². The highest BCUT2D eigenvalue weighted by Gasteiger charge is 2.30. The van der Waals surface area contributed by atoms with Crippen LogP contribution < -0.4 is 4.90 Å². The molecule has 0 heterocycles. The van der Waals surface area contributed by atoms with E-state index < -0.39 is 22.5 Å². The Hall–Kier alpha value is -3.98. The molecule has 0 unspecified atom stereocenters. The van der Waals surface area contributed by atoms with Gasteiger partial charge in [-0.25, -0.2) is 8.42 Å². The van der Waals surface area contributed by atoms with E-state index in [1.165, 1.54) is 52.9 Å². The van der Waals surface area contributed by atoms with E-state index in [0.717, 1.165) is 22.3 Å². The first kappa shape index (κ1) is 32.4. The second-order valence-electron chi connectivity index (χ2n) is 12.0. The molecule has 1 aliphatic rings. The number of aliphatic hydroxyl groups excluding tert-OH is 1. The molecule has 4 aromatic carbocycles. The summed E-state index contributed by atoms with van der Waals surface area (Å²) in [6.45, 7) is 3.26. The standard InChI is InChI=1S/C37H42N2O5S/c1-27-12-20-35(21-13-27)45(43,44)38(24-32-11-7-6-8-28(32)2)25-37(42)39(34-19-18-33(26-40)36(41)22-34)23-29-14-16-31(17-15-29)30-9-4-3-5-10-30/h6-8,11-22,30,40-41H,3-5,9-10,23-26H2,1-2H3. The molecule has 0 bridgehead atoms. The fourth-order valence-corrected chi connectivity index (χ4v) is 7.36. The first-order valence-corrected chi connectivity index (χ1v) is 17.0. The number of hydrogen-bond donors (Lipinski definition) is 2. The number of carbonyl (C=O) groups excluding carboxylic acids is 1. The molecule has 1 amide bonds. The lowest BCUT2D eigenvalue weighted by Crippen LogP contribution is -2.42. The number of benzene rings is 4. The Morgan fingerprint density at radius 2 is 1.51 bits per heavy atom. The van der Waals surface area contributed by atoms with Crippen molar-refractivity contribution in [2.45, 2.75) is 76.5 Å². The summed E-state index contributed by atoms with van der Waals surface area (Å²) < 4.78 is 29.3. The van der Waals surface area contributed by atoms with Crippen LogP contribution in [-0.4, -0.2) is 35.4 Å². The molecule has 7 nitrogen and oxygen atoms in total. The van der Waals surface area contributed by atoms with E-state index in [1.54, 1.807) is 36.4 Å². The minimum atomic E-state index is -4.05. The lowest BCUT2D eigenvalue weighted by Gasteiger charge is -2.28. The Balaban J connectivity index is 1.48. The molecule has 5 rings (SSSR count). The van der Waals surface area contributed by atoms with Crippen LogP contribution in [0.5, 0.6) is 5.75 Å². The summed E-state index contributed by atoms with van der Waals surface area (Å²) in [5, 5.41) is 20.2. The van der Waals surface area contributed by atoms with Crippen LogP contribution in [-0.2, 0) is 34.5 Å². The van der Waals surface area contributed by atoms with Crippen LogP contribution >= 0.6 is 0 Å². The van der Waals surface area contributed by atoms with Crippen LogP contribution in [0.1, 0.15) is 71.4 Å². The van der Waals surface area contributed by atoms with Crippen molar-refractivity contribution in [2.75, 3.05) is 11.4 Å². The normalized spacial score (nSPS) is 14.0. The van der Waals surface area contributed by atoms with Crippen molar-refractivity contribution in [3.63, 3.8) is 0 Å². The fourth-order valence-electron chi connectivity index (χ4n) is 5.99. The number of aliphatic hydroxyl groups is 1. The van der Waals surface area contributed by atoms with Gasteiger partial charge in [0.15, 0.2) is 0 Å². The third-order valence-electron chi connectivity index (χ3n) is 8.83. The molecule has 0 aliphatic heterocycles. The Labute approximate surface area is 266 Å². The first-order chi connectivity index (χ1) is 21.7. The van der Waals surface area contributed by atoms with E-state index >= 15 is 0 Å². The molecule has 8 heteroatoms. The largest absolute Gasteiger partial charge is 0.508 e. The van der Waals surface area contributed by atoms with Crippen molar-refractivity contribution in [3.8, 4) is 5.75 Å². The second kappa shape index (κ2) is 14.4. The lowest BCUT2D eigenvalue weighted by molar-refractivity contribution is -0.119. The molecule has 236 valence electrons. The number of aryl methyl sites for hydroxylation is 2. The van der Waals surface area contributed by atoms with Crippen molar-refractivity contribution in [1.29, 1.82) is 0 Å². The maximum Gasteiger partial charge on any atom is 0.243 e. The average molecular weight is 627 g/mol. The number of phenols is 1. The van der Waals surface area contributed by atoms with E-state index in [2.05, 4.69) is 12.1 Å². The topological polar surface area (TPSA) is 98.2 Å². The van der Waals surface area contributed by atoms with Gasteiger partial charge in [-0.15, -0.1) is 0 Å². The van der Waals surface area contributed by atoms with Gasteiger partial charge < -0.3 is 15.1 Å². The molecular weight excluding hydrogens is 584 g/mol. The quantitative estimate of drug-likeness (QED) is 0.187. The zero-order valence-electron chi connectivity index (χ0n) is 26.0. The zero-order chi connectivity index (χ0) is 32.0. The molecule has 1 fully saturated rings. The number of amides is 1. The summed E-state index contributed by atoms with van der Waals surface area (Å²) in [4.78, 5) is 15.9. The van der Waals surface area contributed by atoms with Crippen LogP contribution in [0, 0.1) is 13.8 Å². The van der Waals surface area contributed by atoms with E-state index in [4.69, 9.17) is 0 Å². The summed E-state index contributed by atoms with van der Waals surface area (Å²) in [6, 6.07) is 27.2. The van der Waals surface area contributed by atoms with Crippen molar-refractivity contribution in [2.24, 2.45) is 0 Å². The third-order valence-corrected chi connectivity index (χ3v) is 10.6. The number of hydrogen-bond acceptors (Lipinski definition) is 5. The Morgan fingerprint density at radius 1 is 0.822 bits per heavy atom. The summed E-state index contributed by atoms with van der Waals surface area (Å²) in [5.74, 6) is -0.0215. The molecule has 1 aliphatic carbocycles. The van der Waals surface area contributed by atoms with Gasteiger partial charge in [-0.1, -0.05) is 91.6 Å². The maximum absolute atomic E-state index is 14.2. The van der Waals surface area contributed by atoms with Crippen molar-refractivity contribution in [1.82, 2.24) is 4.31 Å². The number of aromatic hydroxyl groups is 1. The smallest absolute Gasteiger partial charge is 0.243 e. The molecule has 45 heavy (non-hydrogen) atoms. The Morgan fingerprint density at radius 3 is 2.16 bits per heavy atom. The minimum absolute atomic E-state index is 0.0211. The maximum atomic E-state index is 14.2. The molecule has 1 saturated carbocycles. The highest BCUT2D eigenvalue weighted by molar-refractivity contribution is 7.89. The zero-order valence-corrected chi connectivity index (χ0v) is 26.8. The molecule has 0 atom stereocenters. The first-order valence-electron chi connectivity index (χ1n) is 15.6. The lowest BCUT2D eigenvalue weighted by atomic mass is 9.84. The van der Waals surface area contributed by atoms with E-state index in [9.17, 15) is 23.4 Å². The third kappa shape index (κ3) is 7.82. The van der Waals surface area contributed by atoms with Crippen LogP contribution in [0.4, 0.5) is 5.69 Å². The van der Waals surface area contributed by atoms with Crippen LogP contribution in [0.2, 0.25) is 0 Å². The predicted octanol–water partition coefficient (Wildman–Crippen LogP) is 6.97. The molecule has 0 aromatic heterocycles. The summed E-state index contributed by atoms with van der Waals surface area (Å²) >= 11 is 0. The second-order valence-corrected chi connectivity index (χ2v) is 14.0. The SMILES string of the molecule is Cc1ccc(S(=O)(=O)N(CC(=O)N(Cc2ccc(C3CCCCC3)cc2)c2ccc(CO)c(O)c2)Cc2ccccc2C)cc1. The Kier molecular flexibility index (Phi) is 10.4. The van der Waals surface area contributed by atoms with Gasteiger partial charge in [0.2, 0.25) is 15.9 Å². The predicted molar refractivity (Wildman–Crippen MR) is 177 cm³/mol. The molecule has 4 aromatic rings.